The molecule has 0 aromatic heterocycles. The third-order valence-corrected chi connectivity index (χ3v) is 3.15. The van der Waals surface area contributed by atoms with E-state index < -0.39 is 0 Å². The molecular weight excluding hydrogens is 304 g/mol. The molecule has 114 valence electrons. The number of carbonyl (C=O) groups excluding carboxylic acids is 1. The Morgan fingerprint density at radius 2 is 1.91 bits per heavy atom. The van der Waals surface area contributed by atoms with Crippen LogP contribution in [0.25, 0.3) is 0 Å². The van der Waals surface area contributed by atoms with E-state index in [4.69, 9.17) is 21.1 Å². The lowest BCUT2D eigenvalue weighted by atomic mass is 10.2. The molecule has 0 atom stereocenters. The molecule has 0 bridgehead atoms. The Labute approximate surface area is 133 Å². The third kappa shape index (κ3) is 3.77. The first-order chi connectivity index (χ1) is 10.7. The Kier molecular flexibility index (Phi) is 5.38. The molecule has 5 nitrogen and oxygen atoms in total. The number of benzene rings is 2. The van der Waals surface area contributed by atoms with Gasteiger partial charge in [0.2, 0.25) is 0 Å². The molecule has 0 aliphatic heterocycles. The van der Waals surface area contributed by atoms with Crippen molar-refractivity contribution in [3.63, 3.8) is 0 Å². The van der Waals surface area contributed by atoms with Crippen molar-refractivity contribution in [2.24, 2.45) is 5.10 Å². The molecular formula is C16H15ClN2O3. The van der Waals surface area contributed by atoms with Crippen LogP contribution < -0.4 is 14.9 Å². The van der Waals surface area contributed by atoms with Crippen LogP contribution >= 0.6 is 11.6 Å². The summed E-state index contributed by atoms with van der Waals surface area (Å²) in [6.07, 6.45) is 1.48. The summed E-state index contributed by atoms with van der Waals surface area (Å²) in [4.78, 5) is 11.8. The Morgan fingerprint density at radius 3 is 2.55 bits per heavy atom. The first-order valence-corrected chi connectivity index (χ1v) is 6.83. The van der Waals surface area contributed by atoms with E-state index in [1.54, 1.807) is 36.4 Å². The smallest absolute Gasteiger partial charge is 0.271 e. The second-order valence-corrected chi connectivity index (χ2v) is 4.71. The zero-order valence-corrected chi connectivity index (χ0v) is 12.9. The van der Waals surface area contributed by atoms with Crippen LogP contribution in [-0.4, -0.2) is 26.3 Å². The second-order valence-electron chi connectivity index (χ2n) is 4.30. The molecule has 22 heavy (non-hydrogen) atoms. The van der Waals surface area contributed by atoms with Gasteiger partial charge in [0.1, 0.15) is 0 Å². The number of hydrazone groups is 1. The summed E-state index contributed by atoms with van der Waals surface area (Å²) in [5.41, 5.74) is 3.66. The number of nitrogens with zero attached hydrogens (tertiary/aromatic N) is 1. The van der Waals surface area contributed by atoms with Crippen molar-refractivity contribution in [3.05, 3.63) is 58.6 Å². The SMILES string of the molecule is COc1cc(C=NNC(=O)c2ccccc2)cc(Cl)c1OC. The van der Waals surface area contributed by atoms with Crippen LogP contribution in [0.15, 0.2) is 47.6 Å². The number of hydrogen-bond donors (Lipinski definition) is 1. The maximum absolute atomic E-state index is 11.8. The molecule has 0 unspecified atom stereocenters. The van der Waals surface area contributed by atoms with Gasteiger partial charge in [0, 0.05) is 5.56 Å². The van der Waals surface area contributed by atoms with Gasteiger partial charge >= 0.3 is 0 Å². The van der Waals surface area contributed by atoms with Crippen LogP contribution in [0.4, 0.5) is 0 Å². The van der Waals surface area contributed by atoms with Crippen LogP contribution in [0.2, 0.25) is 5.02 Å². The first kappa shape index (κ1) is 15.9. The van der Waals surface area contributed by atoms with E-state index in [0.29, 0.717) is 27.6 Å². The van der Waals surface area contributed by atoms with Crippen molar-refractivity contribution >= 4 is 23.7 Å². The van der Waals surface area contributed by atoms with Gasteiger partial charge in [0.15, 0.2) is 11.5 Å². The van der Waals surface area contributed by atoms with E-state index in [1.807, 2.05) is 6.07 Å². The first-order valence-electron chi connectivity index (χ1n) is 6.45. The minimum atomic E-state index is -0.288. The number of ether oxygens (including phenoxy) is 2. The highest BCUT2D eigenvalue weighted by atomic mass is 35.5. The quantitative estimate of drug-likeness (QED) is 0.680. The molecule has 1 amide bonds. The van der Waals surface area contributed by atoms with Gasteiger partial charge in [0.05, 0.1) is 25.5 Å². The summed E-state index contributed by atoms with van der Waals surface area (Å²) >= 11 is 6.10. The zero-order valence-electron chi connectivity index (χ0n) is 12.2. The Hall–Kier alpha value is -2.53. The normalized spacial score (nSPS) is 10.5. The summed E-state index contributed by atoms with van der Waals surface area (Å²) in [6.45, 7) is 0. The lowest BCUT2D eigenvalue weighted by Gasteiger charge is -2.09. The van der Waals surface area contributed by atoms with Gasteiger partial charge < -0.3 is 9.47 Å². The van der Waals surface area contributed by atoms with Crippen LogP contribution in [-0.2, 0) is 0 Å². The predicted molar refractivity (Wildman–Crippen MR) is 86.1 cm³/mol. The van der Waals surface area contributed by atoms with E-state index in [9.17, 15) is 4.79 Å². The second kappa shape index (κ2) is 7.47. The minimum absolute atomic E-state index is 0.288. The van der Waals surface area contributed by atoms with E-state index >= 15 is 0 Å². The Bertz CT molecular complexity index is 687. The number of methoxy groups -OCH3 is 2. The molecule has 0 saturated carbocycles. The summed E-state index contributed by atoms with van der Waals surface area (Å²) in [7, 11) is 3.03. The van der Waals surface area contributed by atoms with Crippen LogP contribution in [0.5, 0.6) is 11.5 Å². The lowest BCUT2D eigenvalue weighted by molar-refractivity contribution is 0.0955. The van der Waals surface area contributed by atoms with Crippen molar-refractivity contribution < 1.29 is 14.3 Å². The van der Waals surface area contributed by atoms with Gasteiger partial charge in [-0.2, -0.15) is 5.10 Å². The molecule has 1 N–H and O–H groups in total. The highest BCUT2D eigenvalue weighted by Crippen LogP contribution is 2.35. The van der Waals surface area contributed by atoms with E-state index in [2.05, 4.69) is 10.5 Å². The molecule has 2 aromatic rings. The fraction of sp³-hybridized carbons (Fsp3) is 0.125. The number of rotatable bonds is 5. The summed E-state index contributed by atoms with van der Waals surface area (Å²) < 4.78 is 10.3. The number of nitrogens with one attached hydrogen (secondary N) is 1. The largest absolute Gasteiger partial charge is 0.493 e. The van der Waals surface area contributed by atoms with E-state index in [-0.39, 0.29) is 5.91 Å². The van der Waals surface area contributed by atoms with Gasteiger partial charge in [-0.1, -0.05) is 29.8 Å². The van der Waals surface area contributed by atoms with E-state index in [1.165, 1.54) is 20.4 Å². The number of halogens is 1. The number of amides is 1. The van der Waals surface area contributed by atoms with Crippen molar-refractivity contribution in [2.75, 3.05) is 14.2 Å². The van der Waals surface area contributed by atoms with Gasteiger partial charge in [-0.25, -0.2) is 5.43 Å². The highest BCUT2D eigenvalue weighted by molar-refractivity contribution is 6.32. The van der Waals surface area contributed by atoms with Crippen LogP contribution in [0.1, 0.15) is 15.9 Å². The molecule has 2 aromatic carbocycles. The van der Waals surface area contributed by atoms with Crippen LogP contribution in [0.3, 0.4) is 0 Å². The van der Waals surface area contributed by atoms with Crippen molar-refractivity contribution in [1.82, 2.24) is 5.43 Å². The van der Waals surface area contributed by atoms with Crippen molar-refractivity contribution in [1.29, 1.82) is 0 Å². The molecule has 0 aliphatic carbocycles. The van der Waals surface area contributed by atoms with Gasteiger partial charge in [0.25, 0.3) is 5.91 Å². The minimum Gasteiger partial charge on any atom is -0.493 e. The highest BCUT2D eigenvalue weighted by Gasteiger charge is 2.10. The fourth-order valence-corrected chi connectivity index (χ4v) is 2.13. The predicted octanol–water partition coefficient (Wildman–Crippen LogP) is 3.12. The zero-order chi connectivity index (χ0) is 15.9. The van der Waals surface area contributed by atoms with E-state index in [0.717, 1.165) is 0 Å². The molecule has 0 heterocycles. The van der Waals surface area contributed by atoms with Gasteiger partial charge in [-0.15, -0.1) is 0 Å². The summed E-state index contributed by atoms with van der Waals surface area (Å²) in [5, 5.41) is 4.31. The molecule has 6 heteroatoms. The molecule has 0 saturated heterocycles. The third-order valence-electron chi connectivity index (χ3n) is 2.87. The topological polar surface area (TPSA) is 59.9 Å². The lowest BCUT2D eigenvalue weighted by Crippen LogP contribution is -2.17. The molecule has 0 aliphatic rings. The Balaban J connectivity index is 2.10. The maximum atomic E-state index is 11.8. The van der Waals surface area contributed by atoms with Gasteiger partial charge in [-0.05, 0) is 29.8 Å². The number of carbonyl (C=O) groups is 1. The monoisotopic (exact) mass is 318 g/mol. The molecule has 2 rings (SSSR count). The van der Waals surface area contributed by atoms with Crippen molar-refractivity contribution in [3.8, 4) is 11.5 Å². The summed E-state index contributed by atoms with van der Waals surface area (Å²) in [6, 6.07) is 12.2. The standard InChI is InChI=1S/C16H15ClN2O3/c1-21-14-9-11(8-13(17)15(14)22-2)10-18-19-16(20)12-6-4-3-5-7-12/h3-10H,1-2H3,(H,19,20). The maximum Gasteiger partial charge on any atom is 0.271 e. The molecule has 0 fully saturated rings. The van der Waals surface area contributed by atoms with Gasteiger partial charge in [-0.3, -0.25) is 4.79 Å². The average molecular weight is 319 g/mol. The number of hydrogen-bond acceptors (Lipinski definition) is 4. The summed E-state index contributed by atoms with van der Waals surface area (Å²) in [5.74, 6) is 0.656. The average Bonchev–Trinajstić information content (AvgIpc) is 2.55. The fourth-order valence-electron chi connectivity index (χ4n) is 1.83. The molecule has 0 radical (unpaired) electrons. The van der Waals surface area contributed by atoms with Crippen LogP contribution in [0, 0.1) is 0 Å². The van der Waals surface area contributed by atoms with Crippen molar-refractivity contribution in [2.45, 2.75) is 0 Å². The Morgan fingerprint density at radius 1 is 1.18 bits per heavy atom. The molecule has 0 spiro atoms.